The zero-order valence-corrected chi connectivity index (χ0v) is 34.5. The summed E-state index contributed by atoms with van der Waals surface area (Å²) in [7, 11) is 0. The molecule has 0 aliphatic rings. The number of aliphatic carboxylic acids is 3. The molecule has 21 nitrogen and oxygen atoms in total. The van der Waals surface area contributed by atoms with Crippen molar-refractivity contribution >= 4 is 47.5 Å². The molecule has 0 spiro atoms. The second kappa shape index (κ2) is 33.2. The summed E-state index contributed by atoms with van der Waals surface area (Å²) in [4.78, 5) is 78.8. The lowest BCUT2D eigenvalue weighted by molar-refractivity contribution is -0.193. The van der Waals surface area contributed by atoms with Gasteiger partial charge in [0, 0.05) is 31.3 Å². The first-order valence-corrected chi connectivity index (χ1v) is 18.9. The Morgan fingerprint density at radius 3 is 1.40 bits per heavy atom. The van der Waals surface area contributed by atoms with Gasteiger partial charge in [0.25, 0.3) is 0 Å². The van der Waals surface area contributed by atoms with Crippen LogP contribution in [0.25, 0.3) is 0 Å². The molecule has 0 fully saturated rings. The highest BCUT2D eigenvalue weighted by molar-refractivity contribution is 5.92. The number of guanidine groups is 1. The molecule has 30 heteroatoms. The Balaban J connectivity index is -0.00000149. The first-order valence-electron chi connectivity index (χ1n) is 18.9. The molecule has 0 aliphatic heterocycles. The largest absolute Gasteiger partial charge is 0.508 e. The number of aromatic hydroxyl groups is 2. The molecule has 1 aromatic carbocycles. The number of carboxylic acid groups (broad SMARTS) is 3. The molecule has 4 amide bonds. The van der Waals surface area contributed by atoms with Crippen LogP contribution in [0, 0.1) is 0 Å². The molecular weight excluding hydrogens is 909 g/mol. The van der Waals surface area contributed by atoms with Gasteiger partial charge < -0.3 is 69.7 Å². The lowest BCUT2D eigenvalue weighted by atomic mass is 10.1. The van der Waals surface area contributed by atoms with Crippen molar-refractivity contribution in [1.82, 2.24) is 21.3 Å². The van der Waals surface area contributed by atoms with Gasteiger partial charge in [-0.1, -0.05) is 31.7 Å². The van der Waals surface area contributed by atoms with Crippen molar-refractivity contribution in [3.8, 4) is 11.5 Å². The molecule has 17 N–H and O–H groups in total. The Morgan fingerprint density at radius 1 is 0.631 bits per heavy atom. The third-order valence-corrected chi connectivity index (χ3v) is 7.43. The van der Waals surface area contributed by atoms with E-state index in [-0.39, 0.29) is 41.8 Å². The summed E-state index contributed by atoms with van der Waals surface area (Å²) >= 11 is 0. The fraction of sp³-hybridized carbons (Fsp3) is 0.600. The fourth-order valence-corrected chi connectivity index (χ4v) is 4.25. The summed E-state index contributed by atoms with van der Waals surface area (Å²) in [5.41, 5.74) is 21.8. The van der Waals surface area contributed by atoms with Crippen LogP contribution in [0.1, 0.15) is 69.8 Å². The summed E-state index contributed by atoms with van der Waals surface area (Å²) in [6, 6.07) is 2.10. The van der Waals surface area contributed by atoms with E-state index in [4.69, 9.17) is 52.6 Å². The minimum Gasteiger partial charge on any atom is -0.508 e. The number of amides is 4. The normalized spacial score (nSPS) is 11.8. The van der Waals surface area contributed by atoms with Crippen molar-refractivity contribution in [3.05, 3.63) is 23.8 Å². The van der Waals surface area contributed by atoms with Gasteiger partial charge >= 0.3 is 36.4 Å². The summed E-state index contributed by atoms with van der Waals surface area (Å²) < 4.78 is 95.2. The van der Waals surface area contributed by atoms with E-state index in [0.717, 1.165) is 70.5 Å². The van der Waals surface area contributed by atoms with Gasteiger partial charge in [0.05, 0.1) is 18.9 Å². The Morgan fingerprint density at radius 2 is 1.03 bits per heavy atom. The number of rotatable bonds is 24. The number of halogens is 9. The monoisotopic (exact) mass is 963 g/mol. The molecule has 0 heterocycles. The van der Waals surface area contributed by atoms with Crippen molar-refractivity contribution in [2.75, 3.05) is 32.7 Å². The molecule has 0 radical (unpaired) electrons. The Bertz CT molecular complexity index is 1610. The molecule has 0 saturated carbocycles. The van der Waals surface area contributed by atoms with Gasteiger partial charge in [-0.25, -0.2) is 14.4 Å². The van der Waals surface area contributed by atoms with Crippen LogP contribution in [0.5, 0.6) is 11.5 Å². The van der Waals surface area contributed by atoms with Crippen LogP contribution >= 0.6 is 0 Å². The van der Waals surface area contributed by atoms with E-state index in [1.54, 1.807) is 0 Å². The average Bonchev–Trinajstić information content (AvgIpc) is 3.16. The summed E-state index contributed by atoms with van der Waals surface area (Å²) in [6.07, 6.45) is -7.74. The summed E-state index contributed by atoms with van der Waals surface area (Å²) in [5, 5.41) is 52.1. The van der Waals surface area contributed by atoms with E-state index in [9.17, 15) is 68.9 Å². The first kappa shape index (κ1) is 63.0. The van der Waals surface area contributed by atoms with Crippen LogP contribution in [-0.4, -0.2) is 136 Å². The molecule has 1 rings (SSSR count). The number of carbonyl (C=O) groups excluding carboxylic acids is 4. The maximum atomic E-state index is 12.5. The number of nitrogens with two attached hydrogens (primary N) is 4. The number of alkyl halides is 9. The maximum absolute atomic E-state index is 12.5. The van der Waals surface area contributed by atoms with Gasteiger partial charge in [-0.2, -0.15) is 39.5 Å². The minimum atomic E-state index is -5.08. The van der Waals surface area contributed by atoms with E-state index in [2.05, 4.69) is 26.3 Å². The van der Waals surface area contributed by atoms with Gasteiger partial charge in [-0.3, -0.25) is 24.2 Å². The number of aliphatic imine (C=N–C) groups is 1. The molecule has 1 aromatic rings. The van der Waals surface area contributed by atoms with E-state index in [0.29, 0.717) is 26.1 Å². The predicted molar refractivity (Wildman–Crippen MR) is 209 cm³/mol. The van der Waals surface area contributed by atoms with Crippen LogP contribution in [0.4, 0.5) is 39.5 Å². The van der Waals surface area contributed by atoms with Gasteiger partial charge in [-0.15, -0.1) is 0 Å². The number of nitrogens with one attached hydrogen (secondary N) is 4. The third kappa shape index (κ3) is 37.9. The van der Waals surface area contributed by atoms with Crippen LogP contribution in [0.2, 0.25) is 0 Å². The first-order chi connectivity index (χ1) is 29.8. The topological polar surface area (TPSA) is 385 Å². The molecule has 0 bridgehead atoms. The van der Waals surface area contributed by atoms with E-state index >= 15 is 0 Å². The predicted octanol–water partition coefficient (Wildman–Crippen LogP) is 0.834. The number of unbranched alkanes of at least 4 members (excludes halogenated alkanes) is 6. The van der Waals surface area contributed by atoms with Crippen LogP contribution in [-0.2, 0) is 40.0 Å². The number of primary amides is 1. The molecular formula is C35H54F9N9O12. The van der Waals surface area contributed by atoms with Gasteiger partial charge in [0.2, 0.25) is 23.6 Å². The number of hydrogen-bond donors (Lipinski definition) is 13. The highest BCUT2D eigenvalue weighted by atomic mass is 19.4. The van der Waals surface area contributed by atoms with Crippen molar-refractivity contribution in [2.45, 2.75) is 101 Å². The van der Waals surface area contributed by atoms with Crippen LogP contribution in [0.15, 0.2) is 23.2 Å². The smallest absolute Gasteiger partial charge is 0.490 e. The Kier molecular flexibility index (Phi) is 32.2. The summed E-state index contributed by atoms with van der Waals surface area (Å²) in [6.45, 7) is 3.15. The van der Waals surface area contributed by atoms with Gasteiger partial charge in [0.15, 0.2) is 5.96 Å². The lowest BCUT2D eigenvalue weighted by Gasteiger charge is -2.17. The van der Waals surface area contributed by atoms with Crippen LogP contribution < -0.4 is 44.2 Å². The number of phenolic OH excluding ortho intramolecular Hbond substituents is 2. The quantitative estimate of drug-likeness (QED) is 0.0295. The molecule has 65 heavy (non-hydrogen) atoms. The van der Waals surface area contributed by atoms with Crippen LogP contribution in [0.3, 0.4) is 0 Å². The van der Waals surface area contributed by atoms with E-state index in [1.807, 2.05) is 0 Å². The Labute approximate surface area is 364 Å². The number of hydrogen-bond acceptors (Lipinski definition) is 12. The zero-order valence-electron chi connectivity index (χ0n) is 34.5. The highest BCUT2D eigenvalue weighted by Gasteiger charge is 2.39. The SMILES string of the molecule is NC(=O)C[C@H](NC(=O)Cc1ccc(O)cc1O)C(=O)NCCCCCCNCCCCCCNC(=O)[C@@H](N)CCN=C(N)N.O=C(O)C(F)(F)F.O=C(O)C(F)(F)F.O=C(O)C(F)(F)F. The second-order valence-electron chi connectivity index (χ2n) is 13.1. The molecule has 0 saturated heterocycles. The van der Waals surface area contributed by atoms with Crippen molar-refractivity contribution in [2.24, 2.45) is 27.9 Å². The zero-order chi connectivity index (χ0) is 51.0. The molecule has 2 atom stereocenters. The number of carbonyl (C=O) groups is 7. The second-order valence-corrected chi connectivity index (χ2v) is 13.1. The highest BCUT2D eigenvalue weighted by Crippen LogP contribution is 2.23. The standard InChI is InChI=1S/C29H51N9O6.3C2HF3O2/c30-22(11-16-37-29(32)33)27(43)35-14-7-3-1-5-12-34-13-6-2-4-8-15-36-28(44)23(19-25(31)41)38-26(42)17-20-9-10-21(39)18-24(20)40;3*3-2(4,5)1(6)7/h9-10,18,22-23,34,39-40H,1-8,11-17,19,30H2,(H2,31,41)(H,35,43)(H,36,44)(H,38,42)(H4,32,33,37);3*(H,6,7)/t22-,23-;;;/m0.../s1. The molecule has 374 valence electrons. The number of carboxylic acids is 3. The molecule has 0 unspecified atom stereocenters. The fourth-order valence-electron chi connectivity index (χ4n) is 4.25. The number of benzene rings is 1. The van der Waals surface area contributed by atoms with Gasteiger partial charge in [-0.05, 0) is 51.3 Å². The average molecular weight is 964 g/mol. The van der Waals surface area contributed by atoms with Gasteiger partial charge in [0.1, 0.15) is 17.5 Å². The lowest BCUT2D eigenvalue weighted by Crippen LogP contribution is -2.49. The number of phenols is 2. The number of nitrogens with zero attached hydrogens (tertiary/aromatic N) is 1. The van der Waals surface area contributed by atoms with Crippen molar-refractivity contribution < 1.29 is 98.6 Å². The maximum Gasteiger partial charge on any atom is 0.490 e. The Hall–Kier alpha value is -6.33. The van der Waals surface area contributed by atoms with Crippen molar-refractivity contribution in [1.29, 1.82) is 0 Å². The summed E-state index contributed by atoms with van der Waals surface area (Å²) in [5.74, 6) is -10.7. The third-order valence-electron chi connectivity index (χ3n) is 7.43. The molecule has 0 aliphatic carbocycles. The minimum absolute atomic E-state index is 0.0151. The van der Waals surface area contributed by atoms with E-state index < -0.39 is 66.2 Å². The molecule has 0 aromatic heterocycles. The van der Waals surface area contributed by atoms with Crippen molar-refractivity contribution in [3.63, 3.8) is 0 Å². The van der Waals surface area contributed by atoms with E-state index in [1.165, 1.54) is 12.1 Å².